The lowest BCUT2D eigenvalue weighted by molar-refractivity contribution is -0.121. The molecule has 0 aliphatic rings. The van der Waals surface area contributed by atoms with Gasteiger partial charge in [-0.05, 0) is 17.9 Å². The van der Waals surface area contributed by atoms with Crippen molar-refractivity contribution >= 4 is 16.8 Å². The molecule has 0 radical (unpaired) electrons. The zero-order valence-electron chi connectivity index (χ0n) is 11.2. The van der Waals surface area contributed by atoms with Crippen LogP contribution in [0.15, 0.2) is 30.5 Å². The molecule has 2 N–H and O–H groups in total. The molecule has 1 heterocycles. The predicted octanol–water partition coefficient (Wildman–Crippen LogP) is 2.05. The minimum atomic E-state index is -0.0151. The lowest BCUT2D eigenvalue weighted by atomic mass is 10.1. The molecule has 4 heteroatoms. The molecule has 4 nitrogen and oxygen atoms in total. The summed E-state index contributed by atoms with van der Waals surface area (Å²) < 4.78 is 1.89. The molecule has 0 atom stereocenters. The summed E-state index contributed by atoms with van der Waals surface area (Å²) in [5.41, 5.74) is 1.79. The minimum absolute atomic E-state index is 0.0127. The summed E-state index contributed by atoms with van der Waals surface area (Å²) in [7, 11) is 0. The average molecular weight is 260 g/mol. The molecule has 1 amide bonds. The van der Waals surface area contributed by atoms with Gasteiger partial charge in [0.25, 0.3) is 0 Å². The summed E-state index contributed by atoms with van der Waals surface area (Å²) in [6.07, 6.45) is 3.96. The van der Waals surface area contributed by atoms with Crippen molar-refractivity contribution in [3.05, 3.63) is 36.0 Å². The van der Waals surface area contributed by atoms with Crippen LogP contribution < -0.4 is 5.32 Å². The quantitative estimate of drug-likeness (QED) is 0.781. The number of benzene rings is 1. The monoisotopic (exact) mass is 260 g/mol. The molecule has 1 aromatic heterocycles. The highest BCUT2D eigenvalue weighted by molar-refractivity contribution is 5.85. The Morgan fingerprint density at radius 2 is 2.21 bits per heavy atom. The van der Waals surface area contributed by atoms with Gasteiger partial charge >= 0.3 is 0 Å². The first-order chi connectivity index (χ1) is 9.26. The first-order valence-electron chi connectivity index (χ1n) is 6.70. The van der Waals surface area contributed by atoms with E-state index in [1.807, 2.05) is 35.0 Å². The Hall–Kier alpha value is -1.81. The van der Waals surface area contributed by atoms with Crippen molar-refractivity contribution in [3.8, 4) is 0 Å². The maximum absolute atomic E-state index is 11.8. The lowest BCUT2D eigenvalue weighted by Crippen LogP contribution is -2.28. The molecule has 0 fully saturated rings. The van der Waals surface area contributed by atoms with E-state index in [-0.39, 0.29) is 12.5 Å². The number of unbranched alkanes of at least 4 members (excludes halogenated alkanes) is 1. The van der Waals surface area contributed by atoms with Crippen molar-refractivity contribution < 1.29 is 9.90 Å². The number of hydrogen-bond donors (Lipinski definition) is 2. The molecule has 0 saturated carbocycles. The Morgan fingerprint density at radius 1 is 1.37 bits per heavy atom. The Balaban J connectivity index is 2.14. The zero-order valence-corrected chi connectivity index (χ0v) is 11.2. The molecule has 0 bridgehead atoms. The molecule has 0 aliphatic carbocycles. The molecule has 102 valence electrons. The fourth-order valence-corrected chi connectivity index (χ4v) is 2.22. The van der Waals surface area contributed by atoms with Crippen LogP contribution in [-0.2, 0) is 17.9 Å². The van der Waals surface area contributed by atoms with E-state index in [0.717, 1.165) is 35.9 Å². The predicted molar refractivity (Wildman–Crippen MR) is 75.8 cm³/mol. The van der Waals surface area contributed by atoms with Gasteiger partial charge in [0.05, 0.1) is 12.1 Å². The van der Waals surface area contributed by atoms with Crippen molar-refractivity contribution in [2.75, 3.05) is 6.54 Å². The van der Waals surface area contributed by atoms with E-state index in [4.69, 9.17) is 0 Å². The number of aromatic nitrogens is 1. The van der Waals surface area contributed by atoms with Gasteiger partial charge in [-0.1, -0.05) is 31.5 Å². The highest BCUT2D eigenvalue weighted by Gasteiger charge is 2.08. The van der Waals surface area contributed by atoms with Crippen LogP contribution in [0.2, 0.25) is 0 Å². The van der Waals surface area contributed by atoms with E-state index >= 15 is 0 Å². The van der Waals surface area contributed by atoms with Gasteiger partial charge in [0.1, 0.15) is 6.54 Å². The standard InChI is InChI=1S/C15H20N2O2/c1-2-3-8-16-14(19)10-17-9-7-12-5-4-6-13(11-18)15(12)17/h4-7,9,18H,2-3,8,10-11H2,1H3,(H,16,19). The van der Waals surface area contributed by atoms with Gasteiger partial charge in [0.15, 0.2) is 0 Å². The van der Waals surface area contributed by atoms with Gasteiger partial charge < -0.3 is 15.0 Å². The summed E-state index contributed by atoms with van der Waals surface area (Å²) in [5.74, 6) is 0.0127. The van der Waals surface area contributed by atoms with Crippen LogP contribution in [0.4, 0.5) is 0 Å². The van der Waals surface area contributed by atoms with Crippen LogP contribution in [0.5, 0.6) is 0 Å². The molecular weight excluding hydrogens is 240 g/mol. The van der Waals surface area contributed by atoms with Crippen LogP contribution in [0.1, 0.15) is 25.3 Å². The van der Waals surface area contributed by atoms with Crippen molar-refractivity contribution in [1.82, 2.24) is 9.88 Å². The van der Waals surface area contributed by atoms with E-state index in [2.05, 4.69) is 12.2 Å². The second-order valence-electron chi connectivity index (χ2n) is 4.66. The number of carbonyl (C=O) groups excluding carboxylic acids is 1. The van der Waals surface area contributed by atoms with Crippen LogP contribution in [-0.4, -0.2) is 22.1 Å². The number of amides is 1. The molecular formula is C15H20N2O2. The van der Waals surface area contributed by atoms with E-state index in [0.29, 0.717) is 6.54 Å². The summed E-state index contributed by atoms with van der Waals surface area (Å²) in [6, 6.07) is 7.75. The van der Waals surface area contributed by atoms with Gasteiger partial charge in [0, 0.05) is 18.3 Å². The number of nitrogens with one attached hydrogen (secondary N) is 1. The first-order valence-corrected chi connectivity index (χ1v) is 6.70. The van der Waals surface area contributed by atoms with E-state index in [9.17, 15) is 9.90 Å². The lowest BCUT2D eigenvalue weighted by Gasteiger charge is -2.09. The summed E-state index contributed by atoms with van der Waals surface area (Å²) in [5, 5.41) is 13.3. The number of fused-ring (bicyclic) bond motifs is 1. The van der Waals surface area contributed by atoms with Crippen LogP contribution in [0.25, 0.3) is 10.9 Å². The second kappa shape index (κ2) is 6.38. The van der Waals surface area contributed by atoms with Crippen LogP contribution >= 0.6 is 0 Å². The van der Waals surface area contributed by atoms with Crippen molar-refractivity contribution in [1.29, 1.82) is 0 Å². The second-order valence-corrected chi connectivity index (χ2v) is 4.66. The highest BCUT2D eigenvalue weighted by atomic mass is 16.3. The van der Waals surface area contributed by atoms with Gasteiger partial charge in [-0.15, -0.1) is 0 Å². The largest absolute Gasteiger partial charge is 0.392 e. The van der Waals surface area contributed by atoms with Gasteiger partial charge in [-0.2, -0.15) is 0 Å². The van der Waals surface area contributed by atoms with Gasteiger partial charge in [-0.3, -0.25) is 4.79 Å². The van der Waals surface area contributed by atoms with E-state index in [1.165, 1.54) is 0 Å². The number of para-hydroxylation sites is 1. The highest BCUT2D eigenvalue weighted by Crippen LogP contribution is 2.20. The zero-order chi connectivity index (χ0) is 13.7. The van der Waals surface area contributed by atoms with Crippen molar-refractivity contribution in [2.45, 2.75) is 32.9 Å². The first kappa shape index (κ1) is 13.6. The van der Waals surface area contributed by atoms with Crippen LogP contribution in [0, 0.1) is 0 Å². The Bertz CT molecular complexity index is 560. The fourth-order valence-electron chi connectivity index (χ4n) is 2.22. The van der Waals surface area contributed by atoms with Gasteiger partial charge in [-0.25, -0.2) is 0 Å². The number of nitrogens with zero attached hydrogens (tertiary/aromatic N) is 1. The maximum Gasteiger partial charge on any atom is 0.239 e. The Labute approximate surface area is 113 Å². The molecule has 0 aliphatic heterocycles. The molecule has 0 spiro atoms. The van der Waals surface area contributed by atoms with E-state index in [1.54, 1.807) is 0 Å². The summed E-state index contributed by atoms with van der Waals surface area (Å²) >= 11 is 0. The number of carbonyl (C=O) groups is 1. The maximum atomic E-state index is 11.8. The summed E-state index contributed by atoms with van der Waals surface area (Å²) in [4.78, 5) is 11.8. The fraction of sp³-hybridized carbons (Fsp3) is 0.400. The molecule has 0 saturated heterocycles. The van der Waals surface area contributed by atoms with Crippen molar-refractivity contribution in [3.63, 3.8) is 0 Å². The number of hydrogen-bond acceptors (Lipinski definition) is 2. The average Bonchev–Trinajstić information content (AvgIpc) is 2.82. The molecule has 0 unspecified atom stereocenters. The molecule has 2 aromatic rings. The third kappa shape index (κ3) is 3.15. The molecule has 19 heavy (non-hydrogen) atoms. The third-order valence-electron chi connectivity index (χ3n) is 3.21. The molecule has 1 aromatic carbocycles. The van der Waals surface area contributed by atoms with E-state index < -0.39 is 0 Å². The summed E-state index contributed by atoms with van der Waals surface area (Å²) in [6.45, 7) is 3.10. The number of aliphatic hydroxyl groups excluding tert-OH is 1. The topological polar surface area (TPSA) is 54.3 Å². The van der Waals surface area contributed by atoms with Crippen LogP contribution in [0.3, 0.4) is 0 Å². The number of aliphatic hydroxyl groups is 1. The smallest absolute Gasteiger partial charge is 0.239 e. The normalized spacial score (nSPS) is 10.8. The van der Waals surface area contributed by atoms with Gasteiger partial charge in [0.2, 0.25) is 5.91 Å². The molecule has 2 rings (SSSR count). The number of rotatable bonds is 6. The Kier molecular flexibility index (Phi) is 4.58. The SMILES string of the molecule is CCCCNC(=O)Cn1ccc2cccc(CO)c21. The Morgan fingerprint density at radius 3 is 2.95 bits per heavy atom. The minimum Gasteiger partial charge on any atom is -0.392 e. The van der Waals surface area contributed by atoms with Crippen molar-refractivity contribution in [2.24, 2.45) is 0 Å². The third-order valence-corrected chi connectivity index (χ3v) is 3.21.